The number of benzene rings is 1. The van der Waals surface area contributed by atoms with Gasteiger partial charge in [0.2, 0.25) is 0 Å². The maximum absolute atomic E-state index is 6.31. The van der Waals surface area contributed by atoms with Gasteiger partial charge in [-0.05, 0) is 48.1 Å². The topological polar surface area (TPSA) is 35.2 Å². The number of fused-ring (bicyclic) bond motifs is 1. The largest absolute Gasteiger partial charge is 0.497 e. The van der Waals surface area contributed by atoms with Crippen molar-refractivity contribution < 1.29 is 4.74 Å². The Kier molecular flexibility index (Phi) is 4.05. The van der Waals surface area contributed by atoms with Crippen LogP contribution in [0.3, 0.4) is 0 Å². The van der Waals surface area contributed by atoms with E-state index < -0.39 is 0 Å². The molecule has 1 atom stereocenters. The summed E-state index contributed by atoms with van der Waals surface area (Å²) >= 11 is 3.60. The molecule has 0 fully saturated rings. The molecule has 0 aliphatic heterocycles. The van der Waals surface area contributed by atoms with Gasteiger partial charge in [0.1, 0.15) is 5.75 Å². The summed E-state index contributed by atoms with van der Waals surface area (Å²) in [5.41, 5.74) is 7.62. The van der Waals surface area contributed by atoms with Gasteiger partial charge in [-0.3, -0.25) is 0 Å². The van der Waals surface area contributed by atoms with Crippen LogP contribution >= 0.6 is 22.7 Å². The third kappa shape index (κ3) is 2.87. The van der Waals surface area contributed by atoms with E-state index in [2.05, 4.69) is 29.6 Å². The Morgan fingerprint density at radius 2 is 1.95 bits per heavy atom. The van der Waals surface area contributed by atoms with E-state index in [1.165, 1.54) is 19.8 Å². The van der Waals surface area contributed by atoms with Crippen molar-refractivity contribution in [3.05, 3.63) is 52.2 Å². The normalized spacial score (nSPS) is 12.7. The average Bonchev–Trinajstić information content (AvgIpc) is 3.06. The molecule has 2 heterocycles. The molecule has 2 nitrogen and oxygen atoms in total. The maximum atomic E-state index is 6.31. The predicted octanol–water partition coefficient (Wildman–Crippen LogP) is 4.60. The van der Waals surface area contributed by atoms with Crippen molar-refractivity contribution in [2.24, 2.45) is 5.73 Å². The van der Waals surface area contributed by atoms with Crippen LogP contribution in [0.15, 0.2) is 41.8 Å². The number of rotatable bonds is 5. The number of aryl methyl sites for hydroxylation is 1. The van der Waals surface area contributed by atoms with Gasteiger partial charge in [0.25, 0.3) is 0 Å². The van der Waals surface area contributed by atoms with E-state index in [-0.39, 0.29) is 6.04 Å². The summed E-state index contributed by atoms with van der Waals surface area (Å²) in [5, 5.41) is 2.13. The molecule has 104 valence electrons. The zero-order valence-corrected chi connectivity index (χ0v) is 13.0. The molecule has 0 saturated heterocycles. The molecule has 2 aromatic heterocycles. The summed E-state index contributed by atoms with van der Waals surface area (Å²) in [6.07, 6.45) is 1.97. The summed E-state index contributed by atoms with van der Waals surface area (Å²) in [6, 6.07) is 12.8. The minimum Gasteiger partial charge on any atom is -0.497 e. The Bertz CT molecular complexity index is 655. The number of methoxy groups -OCH3 is 1. The number of ether oxygens (including phenoxy) is 1. The van der Waals surface area contributed by atoms with E-state index >= 15 is 0 Å². The summed E-state index contributed by atoms with van der Waals surface area (Å²) in [5.74, 6) is 0.900. The smallest absolute Gasteiger partial charge is 0.118 e. The van der Waals surface area contributed by atoms with Crippen LogP contribution in [0.2, 0.25) is 0 Å². The quantitative estimate of drug-likeness (QED) is 0.747. The van der Waals surface area contributed by atoms with Gasteiger partial charge in [-0.1, -0.05) is 12.1 Å². The molecule has 0 aliphatic rings. The Morgan fingerprint density at radius 1 is 1.15 bits per heavy atom. The first-order valence-electron chi connectivity index (χ1n) is 6.61. The van der Waals surface area contributed by atoms with Crippen LogP contribution in [0, 0.1) is 0 Å². The number of nitrogens with two attached hydrogens (primary N) is 1. The highest BCUT2D eigenvalue weighted by Crippen LogP contribution is 2.33. The van der Waals surface area contributed by atoms with Crippen LogP contribution in [0.1, 0.15) is 22.9 Å². The highest BCUT2D eigenvalue weighted by molar-refractivity contribution is 7.26. The van der Waals surface area contributed by atoms with Gasteiger partial charge >= 0.3 is 0 Å². The van der Waals surface area contributed by atoms with E-state index in [4.69, 9.17) is 10.5 Å². The van der Waals surface area contributed by atoms with E-state index in [0.717, 1.165) is 18.6 Å². The van der Waals surface area contributed by atoms with Crippen LogP contribution in [-0.2, 0) is 6.42 Å². The van der Waals surface area contributed by atoms with Crippen molar-refractivity contribution in [1.82, 2.24) is 0 Å². The zero-order chi connectivity index (χ0) is 13.9. The lowest BCUT2D eigenvalue weighted by molar-refractivity contribution is 0.414. The van der Waals surface area contributed by atoms with Crippen LogP contribution in [0.4, 0.5) is 0 Å². The van der Waals surface area contributed by atoms with Gasteiger partial charge in [0.05, 0.1) is 7.11 Å². The van der Waals surface area contributed by atoms with Crippen molar-refractivity contribution in [1.29, 1.82) is 0 Å². The number of hydrogen-bond donors (Lipinski definition) is 1. The van der Waals surface area contributed by atoms with E-state index in [1.807, 2.05) is 23.5 Å². The monoisotopic (exact) mass is 303 g/mol. The Labute approximate surface area is 126 Å². The van der Waals surface area contributed by atoms with E-state index in [1.54, 1.807) is 18.4 Å². The maximum Gasteiger partial charge on any atom is 0.118 e. The molecule has 0 radical (unpaired) electrons. The molecule has 3 aromatic rings. The first-order valence-corrected chi connectivity index (χ1v) is 8.31. The summed E-state index contributed by atoms with van der Waals surface area (Å²) in [4.78, 5) is 1.29. The second kappa shape index (κ2) is 5.95. The van der Waals surface area contributed by atoms with Crippen molar-refractivity contribution in [3.8, 4) is 5.75 Å². The number of thiophene rings is 2. The SMILES string of the molecule is COc1ccc(CCC(N)c2cc3sccc3s2)cc1. The van der Waals surface area contributed by atoms with Crippen molar-refractivity contribution in [3.63, 3.8) is 0 Å². The minimum absolute atomic E-state index is 0.127. The van der Waals surface area contributed by atoms with Crippen LogP contribution < -0.4 is 10.5 Å². The highest BCUT2D eigenvalue weighted by atomic mass is 32.1. The molecule has 4 heteroatoms. The minimum atomic E-state index is 0.127. The Hall–Kier alpha value is -1.36. The zero-order valence-electron chi connectivity index (χ0n) is 11.3. The fourth-order valence-electron chi connectivity index (χ4n) is 2.22. The van der Waals surface area contributed by atoms with Crippen LogP contribution in [0.25, 0.3) is 9.40 Å². The molecule has 20 heavy (non-hydrogen) atoms. The van der Waals surface area contributed by atoms with Crippen LogP contribution in [0.5, 0.6) is 5.75 Å². The van der Waals surface area contributed by atoms with Crippen molar-refractivity contribution >= 4 is 32.1 Å². The predicted molar refractivity (Wildman–Crippen MR) is 87.9 cm³/mol. The molecule has 0 amide bonds. The second-order valence-corrected chi connectivity index (χ2v) is 6.85. The standard InChI is InChI=1S/C16H17NOS2/c1-18-12-5-2-11(3-6-12)4-7-13(17)15-10-16-14(20-15)8-9-19-16/h2-3,5-6,8-10,13H,4,7,17H2,1H3. The molecule has 3 rings (SSSR count). The van der Waals surface area contributed by atoms with Gasteiger partial charge in [-0.2, -0.15) is 0 Å². The molecule has 0 saturated carbocycles. The molecule has 1 unspecified atom stereocenters. The van der Waals surface area contributed by atoms with E-state index in [9.17, 15) is 0 Å². The highest BCUT2D eigenvalue weighted by Gasteiger charge is 2.11. The first kappa shape index (κ1) is 13.6. The third-order valence-electron chi connectivity index (χ3n) is 3.43. The van der Waals surface area contributed by atoms with Crippen molar-refractivity contribution in [2.45, 2.75) is 18.9 Å². The van der Waals surface area contributed by atoms with Crippen LogP contribution in [-0.4, -0.2) is 7.11 Å². The molecule has 0 spiro atoms. The Balaban J connectivity index is 1.63. The average molecular weight is 303 g/mol. The Morgan fingerprint density at radius 3 is 2.65 bits per heavy atom. The third-order valence-corrected chi connectivity index (χ3v) is 5.65. The van der Waals surface area contributed by atoms with Crippen molar-refractivity contribution in [2.75, 3.05) is 7.11 Å². The molecular weight excluding hydrogens is 286 g/mol. The molecule has 1 aromatic carbocycles. The molecule has 0 aliphatic carbocycles. The fraction of sp³-hybridized carbons (Fsp3) is 0.250. The van der Waals surface area contributed by atoms with E-state index in [0.29, 0.717) is 0 Å². The second-order valence-electron chi connectivity index (χ2n) is 4.79. The first-order chi connectivity index (χ1) is 9.76. The van der Waals surface area contributed by atoms with Gasteiger partial charge in [0, 0.05) is 20.3 Å². The number of hydrogen-bond acceptors (Lipinski definition) is 4. The summed E-state index contributed by atoms with van der Waals surface area (Å²) in [7, 11) is 1.69. The lowest BCUT2D eigenvalue weighted by Gasteiger charge is -2.09. The van der Waals surface area contributed by atoms with Gasteiger partial charge in [-0.25, -0.2) is 0 Å². The lowest BCUT2D eigenvalue weighted by Crippen LogP contribution is -2.09. The molecule has 2 N–H and O–H groups in total. The van der Waals surface area contributed by atoms with Gasteiger partial charge < -0.3 is 10.5 Å². The summed E-state index contributed by atoms with van der Waals surface area (Å²) < 4.78 is 7.87. The lowest BCUT2D eigenvalue weighted by atomic mass is 10.0. The summed E-state index contributed by atoms with van der Waals surface area (Å²) in [6.45, 7) is 0. The fourth-order valence-corrected chi connectivity index (χ4v) is 4.38. The van der Waals surface area contributed by atoms with Gasteiger partial charge in [0.15, 0.2) is 0 Å². The molecular formula is C16H17NOS2. The van der Waals surface area contributed by atoms with Gasteiger partial charge in [-0.15, -0.1) is 22.7 Å². The molecule has 0 bridgehead atoms.